The van der Waals surface area contributed by atoms with Crippen molar-refractivity contribution in [3.05, 3.63) is 34.4 Å². The molecule has 0 saturated heterocycles. The maximum Gasteiger partial charge on any atom is 0.300 e. The Balaban J connectivity index is 1.86. The van der Waals surface area contributed by atoms with Gasteiger partial charge in [0.2, 0.25) is 5.88 Å². The molecule has 1 aliphatic rings. The first kappa shape index (κ1) is 18.1. The van der Waals surface area contributed by atoms with Crippen molar-refractivity contribution < 1.29 is 14.3 Å². The van der Waals surface area contributed by atoms with Crippen LogP contribution in [0.2, 0.25) is 0 Å². The smallest absolute Gasteiger partial charge is 0.300 e. The van der Waals surface area contributed by atoms with Crippen LogP contribution < -0.4 is 16.2 Å². The monoisotopic (exact) mass is 386 g/mol. The summed E-state index contributed by atoms with van der Waals surface area (Å²) in [4.78, 5) is 29.7. The van der Waals surface area contributed by atoms with Gasteiger partial charge in [0.15, 0.2) is 11.4 Å². The quantitative estimate of drug-likeness (QED) is 0.611. The fourth-order valence-electron chi connectivity index (χ4n) is 2.93. The zero-order valence-corrected chi connectivity index (χ0v) is 15.9. The van der Waals surface area contributed by atoms with E-state index >= 15 is 0 Å². The van der Waals surface area contributed by atoms with Crippen molar-refractivity contribution >= 4 is 23.4 Å². The van der Waals surface area contributed by atoms with E-state index in [2.05, 4.69) is 20.7 Å². The molecule has 28 heavy (non-hydrogen) atoms. The summed E-state index contributed by atoms with van der Waals surface area (Å²) in [6.07, 6.45) is 4.63. The topological polar surface area (TPSA) is 127 Å². The van der Waals surface area contributed by atoms with Crippen LogP contribution in [-0.2, 0) is 6.54 Å². The highest BCUT2D eigenvalue weighted by atomic mass is 16.4. The molecule has 148 valence electrons. The molecule has 0 spiro atoms. The predicted octanol–water partition coefficient (Wildman–Crippen LogP) is 1.87. The Hall–Kier alpha value is -3.30. The molecule has 1 fully saturated rings. The molecule has 1 amide bonds. The summed E-state index contributed by atoms with van der Waals surface area (Å²) in [6, 6.07) is 1.87. The zero-order chi connectivity index (χ0) is 20.1. The highest BCUT2D eigenvalue weighted by Crippen LogP contribution is 2.25. The Morgan fingerprint density at radius 1 is 1.39 bits per heavy atom. The molecule has 0 radical (unpaired) electrons. The summed E-state index contributed by atoms with van der Waals surface area (Å²) in [5.74, 6) is -0.768. The van der Waals surface area contributed by atoms with Crippen molar-refractivity contribution in [2.24, 2.45) is 5.41 Å². The van der Waals surface area contributed by atoms with Crippen LogP contribution in [0.3, 0.4) is 0 Å². The van der Waals surface area contributed by atoms with Crippen molar-refractivity contribution in [3.8, 4) is 5.88 Å². The number of oxazole rings is 1. The Morgan fingerprint density at radius 3 is 2.75 bits per heavy atom. The number of hydrogen-bond donors (Lipinski definition) is 3. The van der Waals surface area contributed by atoms with E-state index in [1.54, 1.807) is 6.07 Å². The number of fused-ring (bicyclic) bond motifs is 1. The van der Waals surface area contributed by atoms with E-state index in [0.29, 0.717) is 18.0 Å². The van der Waals surface area contributed by atoms with E-state index in [1.807, 2.05) is 20.8 Å². The second-order valence-corrected chi connectivity index (χ2v) is 8.16. The maximum atomic E-state index is 13.1. The average Bonchev–Trinajstić information content (AvgIpc) is 3.09. The largest absolute Gasteiger partial charge is 0.492 e. The van der Waals surface area contributed by atoms with E-state index in [1.165, 1.54) is 21.5 Å². The third kappa shape index (κ3) is 3.45. The van der Waals surface area contributed by atoms with Gasteiger partial charge in [-0.25, -0.2) is 4.98 Å². The Kier molecular flexibility index (Phi) is 4.13. The van der Waals surface area contributed by atoms with Gasteiger partial charge in [-0.2, -0.15) is 4.52 Å². The number of rotatable bonds is 5. The molecule has 3 N–H and O–H groups in total. The number of amides is 1. The Bertz CT molecular complexity index is 1090. The van der Waals surface area contributed by atoms with Gasteiger partial charge in [-0.05, 0) is 18.3 Å². The lowest BCUT2D eigenvalue weighted by atomic mass is 9.97. The standard InChI is InChI=1S/C18H22N6O4/c1-18(2,3)9-23-12-8-11(21-17-19-6-7-28-17)22-24(12)16(27)13(15(23)26)14(25)20-10-4-5-10/h6-8,10,27H,4-5,9H2,1-3H3,(H,20,25)(H,19,21,22). The maximum absolute atomic E-state index is 13.1. The predicted molar refractivity (Wildman–Crippen MR) is 101 cm³/mol. The lowest BCUT2D eigenvalue weighted by Gasteiger charge is -2.21. The van der Waals surface area contributed by atoms with Gasteiger partial charge >= 0.3 is 0 Å². The molecule has 1 saturated carbocycles. The molecule has 1 aliphatic carbocycles. The molecule has 0 unspecified atom stereocenters. The van der Waals surface area contributed by atoms with Gasteiger partial charge < -0.3 is 14.8 Å². The molecule has 3 aromatic heterocycles. The minimum atomic E-state index is -0.590. The van der Waals surface area contributed by atoms with Gasteiger partial charge in [0.05, 0.1) is 6.20 Å². The molecule has 10 heteroatoms. The molecule has 10 nitrogen and oxygen atoms in total. The molecule has 3 heterocycles. The minimum Gasteiger partial charge on any atom is -0.492 e. The van der Waals surface area contributed by atoms with Crippen molar-refractivity contribution in [2.75, 3.05) is 5.32 Å². The van der Waals surface area contributed by atoms with Gasteiger partial charge in [0.1, 0.15) is 11.9 Å². The van der Waals surface area contributed by atoms with E-state index in [9.17, 15) is 14.7 Å². The molecule has 0 aromatic carbocycles. The summed E-state index contributed by atoms with van der Waals surface area (Å²) in [7, 11) is 0. The van der Waals surface area contributed by atoms with E-state index in [0.717, 1.165) is 12.8 Å². The zero-order valence-electron chi connectivity index (χ0n) is 15.9. The Labute approximate surface area is 160 Å². The van der Waals surface area contributed by atoms with Crippen LogP contribution in [-0.4, -0.2) is 36.2 Å². The SMILES string of the molecule is CC(C)(C)Cn1c(=O)c(C(=O)NC2CC2)c(O)n2nc(Nc3ncco3)cc12. The normalized spacial score (nSPS) is 14.4. The number of hydrogen-bond acceptors (Lipinski definition) is 7. The summed E-state index contributed by atoms with van der Waals surface area (Å²) >= 11 is 0. The number of aromatic nitrogens is 4. The van der Waals surface area contributed by atoms with Crippen molar-refractivity contribution in [3.63, 3.8) is 0 Å². The number of anilines is 2. The van der Waals surface area contributed by atoms with Gasteiger partial charge in [0.25, 0.3) is 17.5 Å². The number of aromatic hydroxyl groups is 1. The molecule has 0 bridgehead atoms. The fraction of sp³-hybridized carbons (Fsp3) is 0.444. The first-order chi connectivity index (χ1) is 13.2. The number of carbonyl (C=O) groups excluding carboxylic acids is 1. The molecule has 0 atom stereocenters. The van der Waals surface area contributed by atoms with Crippen LogP contribution >= 0.6 is 0 Å². The van der Waals surface area contributed by atoms with E-state index in [4.69, 9.17) is 4.42 Å². The average molecular weight is 386 g/mol. The number of carbonyl (C=O) groups is 1. The summed E-state index contributed by atoms with van der Waals surface area (Å²) in [5, 5.41) is 20.5. The van der Waals surface area contributed by atoms with Crippen molar-refractivity contribution in [2.45, 2.75) is 46.2 Å². The van der Waals surface area contributed by atoms with Gasteiger partial charge in [-0.1, -0.05) is 20.8 Å². The summed E-state index contributed by atoms with van der Waals surface area (Å²) in [5.41, 5.74) is -0.754. The first-order valence-corrected chi connectivity index (χ1v) is 9.06. The van der Waals surface area contributed by atoms with Gasteiger partial charge in [-0.3, -0.25) is 19.5 Å². The lowest BCUT2D eigenvalue weighted by Crippen LogP contribution is -2.37. The lowest BCUT2D eigenvalue weighted by molar-refractivity contribution is 0.0944. The summed E-state index contributed by atoms with van der Waals surface area (Å²) < 4.78 is 7.78. The van der Waals surface area contributed by atoms with Crippen molar-refractivity contribution in [1.82, 2.24) is 24.5 Å². The fourth-order valence-corrected chi connectivity index (χ4v) is 2.93. The van der Waals surface area contributed by atoms with Crippen molar-refractivity contribution in [1.29, 1.82) is 0 Å². The molecule has 4 rings (SSSR count). The molecular weight excluding hydrogens is 364 g/mol. The van der Waals surface area contributed by atoms with Crippen LogP contribution in [0.1, 0.15) is 44.0 Å². The number of nitrogens with one attached hydrogen (secondary N) is 2. The Morgan fingerprint density at radius 2 is 2.14 bits per heavy atom. The highest BCUT2D eigenvalue weighted by Gasteiger charge is 2.30. The van der Waals surface area contributed by atoms with E-state index < -0.39 is 17.3 Å². The molecule has 3 aromatic rings. The molecule has 0 aliphatic heterocycles. The van der Waals surface area contributed by atoms with Crippen LogP contribution in [0, 0.1) is 5.41 Å². The second-order valence-electron chi connectivity index (χ2n) is 8.16. The second kappa shape index (κ2) is 6.39. The van der Waals surface area contributed by atoms with Gasteiger partial charge in [-0.15, -0.1) is 5.10 Å². The van der Waals surface area contributed by atoms with Crippen LogP contribution in [0.5, 0.6) is 5.88 Å². The third-order valence-electron chi connectivity index (χ3n) is 4.29. The van der Waals surface area contributed by atoms with E-state index in [-0.39, 0.29) is 23.0 Å². The first-order valence-electron chi connectivity index (χ1n) is 9.06. The van der Waals surface area contributed by atoms with Gasteiger partial charge in [0, 0.05) is 18.7 Å². The molecular formula is C18H22N6O4. The van der Waals surface area contributed by atoms with Crippen LogP contribution in [0.4, 0.5) is 11.8 Å². The summed E-state index contributed by atoms with van der Waals surface area (Å²) in [6.45, 7) is 6.28. The van der Waals surface area contributed by atoms with Crippen LogP contribution in [0.15, 0.2) is 27.7 Å². The minimum absolute atomic E-state index is 0.0536. The number of nitrogens with zero attached hydrogens (tertiary/aromatic N) is 4. The highest BCUT2D eigenvalue weighted by molar-refractivity contribution is 5.96. The van der Waals surface area contributed by atoms with Crippen LogP contribution in [0.25, 0.3) is 5.65 Å². The third-order valence-corrected chi connectivity index (χ3v) is 4.29.